The largest absolute Gasteiger partial charge is 0.369 e. The van der Waals surface area contributed by atoms with Crippen LogP contribution in [0.2, 0.25) is 5.02 Å². The molecule has 1 atom stereocenters. The van der Waals surface area contributed by atoms with Crippen LogP contribution in [0.15, 0.2) is 36.4 Å². The Labute approximate surface area is 179 Å². The Morgan fingerprint density at radius 3 is 2.34 bits per heavy atom. The van der Waals surface area contributed by atoms with Crippen molar-refractivity contribution in [2.45, 2.75) is 46.6 Å². The molecule has 156 valence electrons. The Bertz CT molecular complexity index is 872. The van der Waals surface area contributed by atoms with E-state index in [1.807, 2.05) is 19.1 Å². The lowest BCUT2D eigenvalue weighted by Gasteiger charge is -2.39. The van der Waals surface area contributed by atoms with Crippen molar-refractivity contribution >= 4 is 28.9 Å². The Hall–Kier alpha value is -2.04. The number of halogens is 1. The van der Waals surface area contributed by atoms with E-state index in [0.29, 0.717) is 5.92 Å². The summed E-state index contributed by atoms with van der Waals surface area (Å²) in [6.07, 6.45) is 0. The highest BCUT2D eigenvalue weighted by Crippen LogP contribution is 2.28. The minimum Gasteiger partial charge on any atom is -0.369 e. The summed E-state index contributed by atoms with van der Waals surface area (Å²) >= 11 is 6.19. The summed E-state index contributed by atoms with van der Waals surface area (Å²) in [7, 11) is 0. The molecule has 1 fully saturated rings. The number of anilines is 2. The number of carbonyl (C=O) groups is 1. The van der Waals surface area contributed by atoms with Gasteiger partial charge in [-0.25, -0.2) is 0 Å². The van der Waals surface area contributed by atoms with Crippen molar-refractivity contribution in [2.75, 3.05) is 36.4 Å². The monoisotopic (exact) mass is 413 g/mol. The molecular weight excluding hydrogens is 382 g/mol. The first-order chi connectivity index (χ1) is 13.8. The number of amides is 1. The lowest BCUT2D eigenvalue weighted by Crippen LogP contribution is -2.53. The molecule has 0 bridgehead atoms. The molecule has 5 heteroatoms. The lowest BCUT2D eigenvalue weighted by molar-refractivity contribution is -0.120. The van der Waals surface area contributed by atoms with Crippen LogP contribution in [0.3, 0.4) is 0 Å². The molecule has 1 aliphatic heterocycles. The Balaban J connectivity index is 1.65. The molecule has 1 aliphatic rings. The summed E-state index contributed by atoms with van der Waals surface area (Å²) in [6, 6.07) is 12.1. The zero-order chi connectivity index (χ0) is 21.1. The Kier molecular flexibility index (Phi) is 6.86. The van der Waals surface area contributed by atoms with E-state index in [-0.39, 0.29) is 11.9 Å². The molecule has 0 aliphatic carbocycles. The highest BCUT2D eigenvalue weighted by atomic mass is 35.5. The van der Waals surface area contributed by atoms with Gasteiger partial charge in [0.1, 0.15) is 0 Å². The van der Waals surface area contributed by atoms with Crippen LogP contribution in [0.5, 0.6) is 0 Å². The van der Waals surface area contributed by atoms with Crippen molar-refractivity contribution in [1.29, 1.82) is 0 Å². The summed E-state index contributed by atoms with van der Waals surface area (Å²) in [4.78, 5) is 17.6. The third-order valence-corrected chi connectivity index (χ3v) is 6.16. The number of carbonyl (C=O) groups excluding carboxylic acids is 1. The predicted molar refractivity (Wildman–Crippen MR) is 123 cm³/mol. The molecule has 1 N–H and O–H groups in total. The van der Waals surface area contributed by atoms with Gasteiger partial charge in [-0.1, -0.05) is 49.7 Å². The normalized spacial score (nSPS) is 16.2. The quantitative estimate of drug-likeness (QED) is 0.728. The molecule has 0 saturated carbocycles. The van der Waals surface area contributed by atoms with Crippen LogP contribution in [-0.2, 0) is 4.79 Å². The second-order valence-electron chi connectivity index (χ2n) is 8.31. The molecule has 3 rings (SSSR count). The van der Waals surface area contributed by atoms with Crippen LogP contribution >= 0.6 is 11.6 Å². The van der Waals surface area contributed by atoms with Gasteiger partial charge in [0.05, 0.1) is 6.04 Å². The molecule has 2 aromatic carbocycles. The van der Waals surface area contributed by atoms with Crippen molar-refractivity contribution in [3.05, 3.63) is 58.1 Å². The van der Waals surface area contributed by atoms with Gasteiger partial charge in [0.25, 0.3) is 0 Å². The smallest absolute Gasteiger partial charge is 0.241 e. The Morgan fingerprint density at radius 1 is 1.00 bits per heavy atom. The number of para-hydroxylation sites is 1. The number of aryl methyl sites for hydroxylation is 2. The SMILES string of the molecule is Cc1ccc(Cl)cc1N1CCN([C@@H](C)C(=O)Nc2c(C)cccc2C(C)C)CC1. The zero-order valence-electron chi connectivity index (χ0n) is 18.1. The third kappa shape index (κ3) is 4.93. The van der Waals surface area contributed by atoms with Crippen LogP contribution in [0, 0.1) is 13.8 Å². The van der Waals surface area contributed by atoms with Gasteiger partial charge in [-0.3, -0.25) is 9.69 Å². The summed E-state index contributed by atoms with van der Waals surface area (Å²) in [5.41, 5.74) is 5.68. The van der Waals surface area contributed by atoms with Crippen LogP contribution < -0.4 is 10.2 Å². The fraction of sp³-hybridized carbons (Fsp3) is 0.458. The molecule has 4 nitrogen and oxygen atoms in total. The number of benzene rings is 2. The van der Waals surface area contributed by atoms with Crippen LogP contribution in [0.1, 0.15) is 43.4 Å². The zero-order valence-corrected chi connectivity index (χ0v) is 18.9. The van der Waals surface area contributed by atoms with Crippen molar-refractivity contribution < 1.29 is 4.79 Å². The average Bonchev–Trinajstić information content (AvgIpc) is 2.70. The fourth-order valence-electron chi connectivity index (χ4n) is 4.01. The molecule has 2 aromatic rings. The topological polar surface area (TPSA) is 35.6 Å². The van der Waals surface area contributed by atoms with Crippen LogP contribution in [0.4, 0.5) is 11.4 Å². The first kappa shape index (κ1) is 21.7. The van der Waals surface area contributed by atoms with Gasteiger partial charge >= 0.3 is 0 Å². The van der Waals surface area contributed by atoms with E-state index in [0.717, 1.165) is 42.5 Å². The molecule has 29 heavy (non-hydrogen) atoms. The number of hydrogen-bond donors (Lipinski definition) is 1. The minimum absolute atomic E-state index is 0.0635. The summed E-state index contributed by atoms with van der Waals surface area (Å²) in [6.45, 7) is 14.0. The van der Waals surface area contributed by atoms with Crippen molar-refractivity contribution in [2.24, 2.45) is 0 Å². The van der Waals surface area contributed by atoms with Crippen LogP contribution in [0.25, 0.3) is 0 Å². The van der Waals surface area contributed by atoms with Gasteiger partial charge < -0.3 is 10.2 Å². The average molecular weight is 414 g/mol. The highest BCUT2D eigenvalue weighted by molar-refractivity contribution is 6.30. The molecule has 1 amide bonds. The van der Waals surface area contributed by atoms with E-state index in [4.69, 9.17) is 11.6 Å². The molecule has 1 saturated heterocycles. The van der Waals surface area contributed by atoms with Crippen molar-refractivity contribution in [3.8, 4) is 0 Å². The number of hydrogen-bond acceptors (Lipinski definition) is 3. The van der Waals surface area contributed by atoms with E-state index in [2.05, 4.69) is 67.1 Å². The van der Waals surface area contributed by atoms with E-state index in [1.54, 1.807) is 0 Å². The molecular formula is C24H32ClN3O. The predicted octanol–water partition coefficient (Wildman–Crippen LogP) is 5.23. The van der Waals surface area contributed by atoms with E-state index < -0.39 is 0 Å². The maximum atomic E-state index is 13.0. The molecule has 1 heterocycles. The summed E-state index contributed by atoms with van der Waals surface area (Å²) in [5.74, 6) is 0.429. The Morgan fingerprint density at radius 2 is 1.69 bits per heavy atom. The highest BCUT2D eigenvalue weighted by Gasteiger charge is 2.27. The molecule has 0 aromatic heterocycles. The second kappa shape index (κ2) is 9.19. The molecule has 0 unspecified atom stereocenters. The van der Waals surface area contributed by atoms with Crippen molar-refractivity contribution in [1.82, 2.24) is 4.90 Å². The first-order valence-electron chi connectivity index (χ1n) is 10.4. The van der Waals surface area contributed by atoms with Gasteiger partial charge in [0, 0.05) is 42.6 Å². The fourth-order valence-corrected chi connectivity index (χ4v) is 4.18. The molecule has 0 spiro atoms. The summed E-state index contributed by atoms with van der Waals surface area (Å²) < 4.78 is 0. The number of nitrogens with zero attached hydrogens (tertiary/aromatic N) is 2. The van der Waals surface area contributed by atoms with E-state index >= 15 is 0 Å². The van der Waals surface area contributed by atoms with E-state index in [9.17, 15) is 4.79 Å². The minimum atomic E-state index is -0.169. The number of nitrogens with one attached hydrogen (secondary N) is 1. The molecule has 0 radical (unpaired) electrons. The van der Waals surface area contributed by atoms with Gasteiger partial charge in [-0.05, 0) is 55.5 Å². The maximum absolute atomic E-state index is 13.0. The first-order valence-corrected chi connectivity index (χ1v) is 10.8. The standard InChI is InChI=1S/C24H32ClN3O/c1-16(2)21-8-6-7-18(4)23(21)26-24(29)19(5)27-11-13-28(14-12-27)22-15-20(25)10-9-17(22)3/h6-10,15-16,19H,11-14H2,1-5H3,(H,26,29)/t19-/m0/s1. The van der Waals surface area contributed by atoms with Crippen molar-refractivity contribution in [3.63, 3.8) is 0 Å². The van der Waals surface area contributed by atoms with E-state index in [1.165, 1.54) is 16.8 Å². The number of rotatable bonds is 5. The van der Waals surface area contributed by atoms with Gasteiger partial charge in [0.2, 0.25) is 5.91 Å². The lowest BCUT2D eigenvalue weighted by atomic mass is 9.98. The van der Waals surface area contributed by atoms with Crippen LogP contribution in [-0.4, -0.2) is 43.0 Å². The second-order valence-corrected chi connectivity index (χ2v) is 8.75. The number of piperazine rings is 1. The summed E-state index contributed by atoms with van der Waals surface area (Å²) in [5, 5.41) is 3.97. The van der Waals surface area contributed by atoms with Gasteiger partial charge in [-0.2, -0.15) is 0 Å². The third-order valence-electron chi connectivity index (χ3n) is 5.93. The maximum Gasteiger partial charge on any atom is 0.241 e. The van der Waals surface area contributed by atoms with Gasteiger partial charge in [0.15, 0.2) is 0 Å². The van der Waals surface area contributed by atoms with Gasteiger partial charge in [-0.15, -0.1) is 0 Å².